The molecule has 0 aromatic rings. The third kappa shape index (κ3) is 5.41. The average Bonchev–Trinajstić information content (AvgIpc) is 3.40. The molecule has 208 valence electrons. The molecule has 0 aromatic carbocycles. The third-order valence-electron chi connectivity index (χ3n) is 7.77. The Morgan fingerprint density at radius 2 is 2.00 bits per heavy atom. The Morgan fingerprint density at radius 3 is 2.54 bits per heavy atom. The summed E-state index contributed by atoms with van der Waals surface area (Å²) in [6.45, 7) is 17.6. The third-order valence-corrected chi connectivity index (χ3v) is 8.61. The molecular weight excluding hydrogens is 540 g/mol. The number of aliphatic hydroxyl groups excluding tert-OH is 1. The van der Waals surface area contributed by atoms with Crippen LogP contribution in [0.1, 0.15) is 60.3 Å². The van der Waals surface area contributed by atoms with Crippen LogP contribution in [0.5, 0.6) is 0 Å². The molecule has 1 spiro atoms. The smallest absolute Gasteiger partial charge is 0.312 e. The molecule has 3 fully saturated rings. The summed E-state index contributed by atoms with van der Waals surface area (Å²) in [7, 11) is 0. The Labute approximate surface area is 229 Å². The summed E-state index contributed by atoms with van der Waals surface area (Å²) in [4.78, 5) is 45.0. The summed E-state index contributed by atoms with van der Waals surface area (Å²) in [6.07, 6.45) is 5.15. The Balaban J connectivity index is 2.08. The van der Waals surface area contributed by atoms with Crippen molar-refractivity contribution in [1.82, 2.24) is 9.80 Å². The Kier molecular flexibility index (Phi) is 9.34. The number of likely N-dealkylation sites (tertiary alicyclic amines) is 1. The van der Waals surface area contributed by atoms with Gasteiger partial charge in [0.05, 0.1) is 37.2 Å². The van der Waals surface area contributed by atoms with E-state index in [-0.39, 0.29) is 35.8 Å². The standard InChI is InChI=1S/C28H43BrN2O6/c1-8-10-11-13-36-26(35)20-21-24(33)31(18(16-32)14-17(3)4)23(28(21)15-19(29)22(20)37-28)25(34)30(12-9-2)27(5,6)7/h8-9,17-23,32H,1-2,10-16H2,3-7H3/t18-,19?,20+,21+,22+,23?,28?/m1/s1. The first-order valence-corrected chi connectivity index (χ1v) is 14.2. The van der Waals surface area contributed by atoms with Gasteiger partial charge in [-0.1, -0.05) is 41.9 Å². The van der Waals surface area contributed by atoms with Crippen LogP contribution in [0.2, 0.25) is 0 Å². The van der Waals surface area contributed by atoms with E-state index in [1.807, 2.05) is 34.6 Å². The van der Waals surface area contributed by atoms with E-state index in [2.05, 4.69) is 29.1 Å². The largest absolute Gasteiger partial charge is 0.465 e. The molecule has 1 N–H and O–H groups in total. The maximum atomic E-state index is 14.4. The lowest BCUT2D eigenvalue weighted by molar-refractivity contribution is -0.157. The van der Waals surface area contributed by atoms with E-state index in [1.165, 1.54) is 4.90 Å². The van der Waals surface area contributed by atoms with E-state index in [1.54, 1.807) is 17.1 Å². The molecule has 0 aliphatic carbocycles. The van der Waals surface area contributed by atoms with Crippen LogP contribution < -0.4 is 0 Å². The van der Waals surface area contributed by atoms with Gasteiger partial charge in [0.15, 0.2) is 0 Å². The molecule has 0 radical (unpaired) electrons. The lowest BCUT2D eigenvalue weighted by Crippen LogP contribution is -2.62. The van der Waals surface area contributed by atoms with Crippen molar-refractivity contribution in [2.75, 3.05) is 19.8 Å². The lowest BCUT2D eigenvalue weighted by Gasteiger charge is -2.43. The molecule has 3 unspecified atom stereocenters. The molecule has 2 amide bonds. The number of alkyl halides is 1. The molecule has 3 aliphatic rings. The number of amides is 2. The average molecular weight is 584 g/mol. The summed E-state index contributed by atoms with van der Waals surface area (Å²) in [6, 6.07) is -1.55. The van der Waals surface area contributed by atoms with Crippen molar-refractivity contribution in [3.63, 3.8) is 0 Å². The van der Waals surface area contributed by atoms with E-state index in [4.69, 9.17) is 9.47 Å². The molecule has 3 rings (SSSR count). The second-order valence-electron chi connectivity index (χ2n) is 11.9. The van der Waals surface area contributed by atoms with Crippen molar-refractivity contribution in [3.8, 4) is 0 Å². The molecule has 9 heteroatoms. The van der Waals surface area contributed by atoms with Crippen LogP contribution in [-0.2, 0) is 23.9 Å². The van der Waals surface area contributed by atoms with E-state index in [0.29, 0.717) is 25.8 Å². The van der Waals surface area contributed by atoms with Crippen LogP contribution in [0.25, 0.3) is 0 Å². The van der Waals surface area contributed by atoms with Gasteiger partial charge in [-0.15, -0.1) is 13.2 Å². The maximum Gasteiger partial charge on any atom is 0.312 e. The molecule has 37 heavy (non-hydrogen) atoms. The number of carbonyl (C=O) groups is 3. The summed E-state index contributed by atoms with van der Waals surface area (Å²) in [5.41, 5.74) is -1.73. The zero-order valence-electron chi connectivity index (χ0n) is 22.8. The van der Waals surface area contributed by atoms with E-state index in [9.17, 15) is 19.5 Å². The van der Waals surface area contributed by atoms with E-state index < -0.39 is 47.1 Å². The van der Waals surface area contributed by atoms with Crippen molar-refractivity contribution < 1.29 is 29.0 Å². The highest BCUT2D eigenvalue weighted by Crippen LogP contribution is 2.61. The number of esters is 1. The molecule has 3 aliphatic heterocycles. The Morgan fingerprint density at radius 1 is 1.32 bits per heavy atom. The molecule has 2 bridgehead atoms. The van der Waals surface area contributed by atoms with Crippen molar-refractivity contribution in [1.29, 1.82) is 0 Å². The van der Waals surface area contributed by atoms with Gasteiger partial charge in [0, 0.05) is 16.9 Å². The lowest BCUT2D eigenvalue weighted by atomic mass is 9.70. The molecule has 8 nitrogen and oxygen atoms in total. The van der Waals surface area contributed by atoms with Crippen LogP contribution in [-0.4, -0.2) is 86.6 Å². The minimum absolute atomic E-state index is 0.178. The zero-order chi connectivity index (χ0) is 27.7. The monoisotopic (exact) mass is 582 g/mol. The molecule has 0 saturated carbocycles. The summed E-state index contributed by atoms with van der Waals surface area (Å²) < 4.78 is 12.1. The maximum absolute atomic E-state index is 14.4. The van der Waals surface area contributed by atoms with Gasteiger partial charge in [0.2, 0.25) is 11.8 Å². The Hall–Kier alpha value is -1.71. The van der Waals surface area contributed by atoms with Gasteiger partial charge in [0.1, 0.15) is 11.6 Å². The van der Waals surface area contributed by atoms with Crippen LogP contribution in [0, 0.1) is 17.8 Å². The first-order chi connectivity index (χ1) is 17.3. The second-order valence-corrected chi connectivity index (χ2v) is 13.1. The fourth-order valence-electron chi connectivity index (χ4n) is 6.30. The first-order valence-electron chi connectivity index (χ1n) is 13.3. The van der Waals surface area contributed by atoms with Gasteiger partial charge in [-0.3, -0.25) is 14.4 Å². The van der Waals surface area contributed by atoms with E-state index >= 15 is 0 Å². The van der Waals surface area contributed by atoms with Gasteiger partial charge in [-0.05, 0) is 52.4 Å². The number of aliphatic hydroxyl groups is 1. The van der Waals surface area contributed by atoms with Crippen molar-refractivity contribution >= 4 is 33.7 Å². The predicted molar refractivity (Wildman–Crippen MR) is 145 cm³/mol. The van der Waals surface area contributed by atoms with Gasteiger partial charge in [-0.2, -0.15) is 0 Å². The van der Waals surface area contributed by atoms with Gasteiger partial charge in [-0.25, -0.2) is 0 Å². The highest BCUT2D eigenvalue weighted by Gasteiger charge is 2.77. The predicted octanol–water partition coefficient (Wildman–Crippen LogP) is 3.46. The molecule has 3 heterocycles. The van der Waals surface area contributed by atoms with E-state index in [0.717, 1.165) is 6.42 Å². The molecule has 3 saturated heterocycles. The number of fused-ring (bicyclic) bond motifs is 1. The number of hydrogen-bond donors (Lipinski definition) is 1. The molecular formula is C28H43BrN2O6. The number of carbonyl (C=O) groups excluding carboxylic acids is 3. The van der Waals surface area contributed by atoms with Crippen molar-refractivity contribution in [2.45, 2.75) is 94.5 Å². The highest BCUT2D eigenvalue weighted by atomic mass is 79.9. The number of hydrogen-bond acceptors (Lipinski definition) is 6. The summed E-state index contributed by atoms with van der Waals surface area (Å²) >= 11 is 3.68. The van der Waals surface area contributed by atoms with Gasteiger partial charge < -0.3 is 24.4 Å². The van der Waals surface area contributed by atoms with Crippen molar-refractivity contribution in [3.05, 3.63) is 25.3 Å². The number of nitrogens with zero attached hydrogens (tertiary/aromatic N) is 2. The fourth-order valence-corrected chi connectivity index (χ4v) is 7.24. The van der Waals surface area contributed by atoms with Crippen molar-refractivity contribution in [2.24, 2.45) is 17.8 Å². The fraction of sp³-hybridized carbons (Fsp3) is 0.750. The quantitative estimate of drug-likeness (QED) is 0.164. The van der Waals surface area contributed by atoms with Crippen LogP contribution in [0.4, 0.5) is 0 Å². The second kappa shape index (κ2) is 11.6. The van der Waals surface area contributed by atoms with Gasteiger partial charge in [0.25, 0.3) is 0 Å². The topological polar surface area (TPSA) is 96.4 Å². The van der Waals surface area contributed by atoms with Crippen LogP contribution in [0.15, 0.2) is 25.3 Å². The number of rotatable bonds is 12. The normalized spacial score (nSPS) is 31.4. The van der Waals surface area contributed by atoms with Gasteiger partial charge >= 0.3 is 5.97 Å². The zero-order valence-corrected chi connectivity index (χ0v) is 24.4. The number of unbranched alkanes of at least 4 members (excludes halogenated alkanes) is 1. The minimum Gasteiger partial charge on any atom is -0.465 e. The number of ether oxygens (including phenoxy) is 2. The number of halogens is 1. The molecule has 0 aromatic heterocycles. The Bertz CT molecular complexity index is 902. The minimum atomic E-state index is -1.19. The first kappa shape index (κ1) is 29.8. The summed E-state index contributed by atoms with van der Waals surface area (Å²) in [5.74, 6) is -2.55. The SMILES string of the molecule is C=CCCCOC(=O)[C@H]1[C@H]2C(=O)N([C@@H](CO)CC(C)C)C(C(=O)N(CC=C)C(C)(C)C)C23CC(Br)[C@@H]1O3. The number of allylic oxidation sites excluding steroid dienone is 1. The van der Waals surface area contributed by atoms with Crippen LogP contribution in [0.3, 0.4) is 0 Å². The molecule has 7 atom stereocenters. The highest BCUT2D eigenvalue weighted by molar-refractivity contribution is 9.09. The van der Waals surface area contributed by atoms with Crippen LogP contribution >= 0.6 is 15.9 Å². The summed E-state index contributed by atoms with van der Waals surface area (Å²) in [5, 5.41) is 10.4.